The Hall–Kier alpha value is -7.94. The van der Waals surface area contributed by atoms with E-state index in [-0.39, 0.29) is 0 Å². The van der Waals surface area contributed by atoms with Gasteiger partial charge in [0.05, 0.1) is 22.2 Å². The average Bonchev–Trinajstić information content (AvgIpc) is 3.87. The second-order valence-corrected chi connectivity index (χ2v) is 16.3. The molecule has 1 heterocycles. The molecule has 0 saturated carbocycles. The molecule has 0 amide bonds. The Labute approximate surface area is 353 Å². The van der Waals surface area contributed by atoms with Crippen molar-refractivity contribution >= 4 is 82.1 Å². The molecule has 0 atom stereocenters. The van der Waals surface area contributed by atoms with Gasteiger partial charge in [-0.1, -0.05) is 194 Å². The molecule has 61 heavy (non-hydrogen) atoms. The van der Waals surface area contributed by atoms with Crippen molar-refractivity contribution in [2.24, 2.45) is 0 Å². The monoisotopic (exact) mass is 775 g/mol. The molecule has 1 aromatic heterocycles. The second kappa shape index (κ2) is 13.0. The molecule has 11 aromatic carbocycles. The molecule has 2 heteroatoms. The number of furan rings is 1. The lowest BCUT2D eigenvalue weighted by Crippen LogP contribution is -2.28. The van der Waals surface area contributed by atoms with Gasteiger partial charge >= 0.3 is 0 Å². The minimum atomic E-state index is -0.548. The number of anilines is 3. The van der Waals surface area contributed by atoms with Gasteiger partial charge in [0, 0.05) is 21.8 Å². The number of hydrogen-bond donors (Lipinski definition) is 0. The highest BCUT2D eigenvalue weighted by atomic mass is 16.3. The summed E-state index contributed by atoms with van der Waals surface area (Å²) in [6.07, 6.45) is 0. The molecule has 0 spiro atoms. The van der Waals surface area contributed by atoms with Gasteiger partial charge in [-0.2, -0.15) is 0 Å². The molecule has 1 aliphatic carbocycles. The van der Waals surface area contributed by atoms with Crippen LogP contribution in [-0.2, 0) is 5.41 Å². The van der Waals surface area contributed by atoms with Gasteiger partial charge in [-0.3, -0.25) is 0 Å². The van der Waals surface area contributed by atoms with Crippen LogP contribution in [0.1, 0.15) is 22.3 Å². The molecule has 13 rings (SSSR count). The topological polar surface area (TPSA) is 16.4 Å². The lowest BCUT2D eigenvalue weighted by Gasteiger charge is -2.35. The summed E-state index contributed by atoms with van der Waals surface area (Å²) in [7, 11) is 0. The van der Waals surface area contributed by atoms with Gasteiger partial charge < -0.3 is 9.32 Å². The summed E-state index contributed by atoms with van der Waals surface area (Å²) >= 11 is 0. The predicted octanol–water partition coefficient (Wildman–Crippen LogP) is 16.0. The lowest BCUT2D eigenvalue weighted by atomic mass is 9.67. The van der Waals surface area contributed by atoms with E-state index in [9.17, 15) is 0 Å². The van der Waals surface area contributed by atoms with E-state index in [1.807, 2.05) is 0 Å². The maximum absolute atomic E-state index is 6.84. The molecule has 0 fully saturated rings. The average molecular weight is 776 g/mol. The Morgan fingerprint density at radius 2 is 0.918 bits per heavy atom. The Morgan fingerprint density at radius 3 is 1.74 bits per heavy atom. The third kappa shape index (κ3) is 4.79. The van der Waals surface area contributed by atoms with Gasteiger partial charge in [0.25, 0.3) is 0 Å². The van der Waals surface area contributed by atoms with Crippen molar-refractivity contribution in [1.82, 2.24) is 0 Å². The largest absolute Gasteiger partial charge is 0.455 e. The zero-order valence-electron chi connectivity index (χ0n) is 33.2. The molecule has 0 unspecified atom stereocenters. The summed E-state index contributed by atoms with van der Waals surface area (Å²) in [6, 6.07) is 82.5. The second-order valence-electron chi connectivity index (χ2n) is 16.3. The fourth-order valence-electron chi connectivity index (χ4n) is 10.7. The van der Waals surface area contributed by atoms with Crippen LogP contribution in [0.2, 0.25) is 0 Å². The van der Waals surface area contributed by atoms with Crippen molar-refractivity contribution in [3.63, 3.8) is 0 Å². The smallest absolute Gasteiger partial charge is 0.145 e. The van der Waals surface area contributed by atoms with Crippen LogP contribution < -0.4 is 4.90 Å². The maximum atomic E-state index is 6.84. The molecule has 0 saturated heterocycles. The zero-order chi connectivity index (χ0) is 40.1. The van der Waals surface area contributed by atoms with Crippen molar-refractivity contribution in [2.75, 3.05) is 4.90 Å². The standard InChI is InChI=1S/C59H37NO/c1-2-18-40(19-3-1)59(52-28-11-8-24-48(52)49-25-9-12-29-53(49)59)41-20-14-21-42(37-41)60(55-36-39-17-5-7-23-44(39)58-57(55)51-26-10-13-31-56(51)61-58)54-30-15-27-45-47-33-32-38-16-4-6-22-43(38)46(47)34-35-50(45)54/h1-37H. The normalized spacial score (nSPS) is 13.0. The van der Waals surface area contributed by atoms with E-state index in [1.165, 1.54) is 65.7 Å². The molecule has 0 aliphatic heterocycles. The third-order valence-electron chi connectivity index (χ3n) is 13.3. The molecule has 1 aliphatic rings. The Kier molecular flexibility index (Phi) is 7.26. The summed E-state index contributed by atoms with van der Waals surface area (Å²) in [5, 5.41) is 11.8. The number of rotatable bonds is 5. The number of benzene rings is 11. The van der Waals surface area contributed by atoms with Crippen LogP contribution in [0.25, 0.3) is 76.2 Å². The van der Waals surface area contributed by atoms with Gasteiger partial charge in [-0.05, 0) is 96.0 Å². The molecular formula is C59H37NO. The minimum Gasteiger partial charge on any atom is -0.455 e. The van der Waals surface area contributed by atoms with E-state index in [0.29, 0.717) is 0 Å². The molecule has 284 valence electrons. The van der Waals surface area contributed by atoms with E-state index in [4.69, 9.17) is 4.42 Å². The highest BCUT2D eigenvalue weighted by molar-refractivity contribution is 6.24. The first kappa shape index (κ1) is 34.0. The highest BCUT2D eigenvalue weighted by Crippen LogP contribution is 2.57. The highest BCUT2D eigenvalue weighted by Gasteiger charge is 2.46. The van der Waals surface area contributed by atoms with E-state index >= 15 is 0 Å². The zero-order valence-corrected chi connectivity index (χ0v) is 33.2. The molecule has 0 radical (unpaired) electrons. The third-order valence-corrected chi connectivity index (χ3v) is 13.3. The van der Waals surface area contributed by atoms with Crippen molar-refractivity contribution < 1.29 is 4.42 Å². The van der Waals surface area contributed by atoms with Crippen LogP contribution >= 0.6 is 0 Å². The summed E-state index contributed by atoms with van der Waals surface area (Å²) in [4.78, 5) is 2.50. The van der Waals surface area contributed by atoms with Crippen LogP contribution in [0.15, 0.2) is 229 Å². The first-order valence-corrected chi connectivity index (χ1v) is 21.1. The number of fused-ring (bicyclic) bond motifs is 13. The predicted molar refractivity (Wildman–Crippen MR) is 256 cm³/mol. The first-order chi connectivity index (χ1) is 30.3. The number of hydrogen-bond acceptors (Lipinski definition) is 2. The van der Waals surface area contributed by atoms with Gasteiger partial charge in [0.15, 0.2) is 0 Å². The molecule has 2 nitrogen and oxygen atoms in total. The summed E-state index contributed by atoms with van der Waals surface area (Å²) < 4.78 is 6.84. The van der Waals surface area contributed by atoms with E-state index < -0.39 is 5.41 Å². The summed E-state index contributed by atoms with van der Waals surface area (Å²) in [5.74, 6) is 0. The van der Waals surface area contributed by atoms with Crippen molar-refractivity contribution in [3.05, 3.63) is 247 Å². The Bertz CT molecular complexity index is 3680. The molecular weight excluding hydrogens is 739 g/mol. The van der Waals surface area contributed by atoms with Gasteiger partial charge in [0.2, 0.25) is 0 Å². The quantitative estimate of drug-likeness (QED) is 0.162. The Balaban J connectivity index is 1.15. The van der Waals surface area contributed by atoms with Crippen LogP contribution in [0.5, 0.6) is 0 Å². The summed E-state index contributed by atoms with van der Waals surface area (Å²) in [6.45, 7) is 0. The van der Waals surface area contributed by atoms with Crippen LogP contribution in [0.4, 0.5) is 17.1 Å². The van der Waals surface area contributed by atoms with Crippen molar-refractivity contribution in [3.8, 4) is 11.1 Å². The van der Waals surface area contributed by atoms with Gasteiger partial charge in [-0.25, -0.2) is 0 Å². The molecule has 0 N–H and O–H groups in total. The summed E-state index contributed by atoms with van der Waals surface area (Å²) in [5.41, 5.74) is 12.1. The minimum absolute atomic E-state index is 0.548. The van der Waals surface area contributed by atoms with Crippen molar-refractivity contribution in [1.29, 1.82) is 0 Å². The fourth-order valence-corrected chi connectivity index (χ4v) is 10.7. The number of para-hydroxylation sites is 1. The van der Waals surface area contributed by atoms with Gasteiger partial charge in [-0.15, -0.1) is 0 Å². The van der Waals surface area contributed by atoms with Crippen molar-refractivity contribution in [2.45, 2.75) is 5.41 Å². The van der Waals surface area contributed by atoms with Crippen LogP contribution in [-0.4, -0.2) is 0 Å². The van der Waals surface area contributed by atoms with E-state index in [0.717, 1.165) is 49.8 Å². The lowest BCUT2D eigenvalue weighted by molar-refractivity contribution is 0.672. The molecule has 0 bridgehead atoms. The van der Waals surface area contributed by atoms with Crippen LogP contribution in [0, 0.1) is 0 Å². The van der Waals surface area contributed by atoms with E-state index in [1.54, 1.807) is 0 Å². The van der Waals surface area contributed by atoms with Gasteiger partial charge in [0.1, 0.15) is 11.2 Å². The fraction of sp³-hybridized carbons (Fsp3) is 0.0169. The maximum Gasteiger partial charge on any atom is 0.145 e. The number of nitrogens with zero attached hydrogens (tertiary/aromatic N) is 1. The molecule has 12 aromatic rings. The van der Waals surface area contributed by atoms with Crippen LogP contribution in [0.3, 0.4) is 0 Å². The van der Waals surface area contributed by atoms with E-state index in [2.05, 4.69) is 229 Å². The SMILES string of the molecule is c1ccc(C2(c3cccc(N(c4cccc5c4ccc4c6ccccc6ccc54)c4cc5ccccc5c5oc6ccccc6c45)c3)c3ccccc3-c3ccccc32)cc1. The Morgan fingerprint density at radius 1 is 0.344 bits per heavy atom. The first-order valence-electron chi connectivity index (χ1n) is 21.1.